The second-order valence-electron chi connectivity index (χ2n) is 5.86. The topological polar surface area (TPSA) is 72.9 Å². The summed E-state index contributed by atoms with van der Waals surface area (Å²) in [5, 5.41) is 11.4. The van der Waals surface area contributed by atoms with E-state index in [0.29, 0.717) is 13.1 Å². The van der Waals surface area contributed by atoms with E-state index in [0.717, 1.165) is 6.54 Å². The number of rotatable bonds is 3. The zero-order chi connectivity index (χ0) is 14.6. The van der Waals surface area contributed by atoms with E-state index in [2.05, 4.69) is 31.0 Å². The molecular formula is C13H25N3O3. The Bertz CT molecular complexity index is 339. The van der Waals surface area contributed by atoms with Crippen molar-refractivity contribution in [3.63, 3.8) is 0 Å². The van der Waals surface area contributed by atoms with Gasteiger partial charge in [-0.15, -0.1) is 0 Å². The SMILES string of the molecule is CC(=O)N1CCN(C(C)(C)C)CC1C(=O)NCCO. The second kappa shape index (κ2) is 6.34. The third-order valence-electron chi connectivity index (χ3n) is 3.45. The molecule has 1 heterocycles. The van der Waals surface area contributed by atoms with Gasteiger partial charge in [-0.3, -0.25) is 14.5 Å². The Balaban J connectivity index is 2.79. The van der Waals surface area contributed by atoms with Gasteiger partial charge in [-0.1, -0.05) is 0 Å². The molecule has 0 bridgehead atoms. The van der Waals surface area contributed by atoms with Crippen LogP contribution in [0.1, 0.15) is 27.7 Å². The molecule has 1 unspecified atom stereocenters. The summed E-state index contributed by atoms with van der Waals surface area (Å²) in [6.45, 7) is 9.76. The maximum atomic E-state index is 12.1. The number of aliphatic hydroxyl groups is 1. The normalized spacial score (nSPS) is 21.3. The van der Waals surface area contributed by atoms with Crippen LogP contribution in [0.5, 0.6) is 0 Å². The summed E-state index contributed by atoms with van der Waals surface area (Å²) in [7, 11) is 0. The van der Waals surface area contributed by atoms with Gasteiger partial charge in [0.25, 0.3) is 0 Å². The summed E-state index contributed by atoms with van der Waals surface area (Å²) < 4.78 is 0. The fourth-order valence-corrected chi connectivity index (χ4v) is 2.29. The lowest BCUT2D eigenvalue weighted by Crippen LogP contribution is -2.63. The molecule has 0 aliphatic carbocycles. The number of nitrogens with one attached hydrogen (secondary N) is 1. The zero-order valence-electron chi connectivity index (χ0n) is 12.3. The first-order valence-electron chi connectivity index (χ1n) is 6.68. The minimum Gasteiger partial charge on any atom is -0.395 e. The summed E-state index contributed by atoms with van der Waals surface area (Å²) in [6.07, 6.45) is 0. The van der Waals surface area contributed by atoms with Gasteiger partial charge in [0.05, 0.1) is 6.61 Å². The average Bonchev–Trinajstić information content (AvgIpc) is 2.33. The molecule has 1 aliphatic rings. The average molecular weight is 271 g/mol. The van der Waals surface area contributed by atoms with Gasteiger partial charge >= 0.3 is 0 Å². The molecular weight excluding hydrogens is 246 g/mol. The van der Waals surface area contributed by atoms with Crippen LogP contribution in [-0.4, -0.2) is 71.1 Å². The Kier molecular flexibility index (Phi) is 5.31. The molecule has 1 rings (SSSR count). The first-order valence-corrected chi connectivity index (χ1v) is 6.68. The van der Waals surface area contributed by atoms with Crippen LogP contribution in [0.4, 0.5) is 0 Å². The molecule has 1 aliphatic heterocycles. The number of hydrogen-bond acceptors (Lipinski definition) is 4. The van der Waals surface area contributed by atoms with Gasteiger partial charge < -0.3 is 15.3 Å². The number of carbonyl (C=O) groups excluding carboxylic acids is 2. The number of hydrogen-bond donors (Lipinski definition) is 2. The highest BCUT2D eigenvalue weighted by atomic mass is 16.3. The lowest BCUT2D eigenvalue weighted by molar-refractivity contribution is -0.143. The van der Waals surface area contributed by atoms with E-state index >= 15 is 0 Å². The van der Waals surface area contributed by atoms with Crippen molar-refractivity contribution in [2.45, 2.75) is 39.3 Å². The van der Waals surface area contributed by atoms with Gasteiger partial charge in [0.15, 0.2) is 0 Å². The fraction of sp³-hybridized carbons (Fsp3) is 0.846. The molecule has 110 valence electrons. The van der Waals surface area contributed by atoms with Crippen LogP contribution in [0.15, 0.2) is 0 Å². The number of carbonyl (C=O) groups is 2. The van der Waals surface area contributed by atoms with Crippen molar-refractivity contribution in [3.8, 4) is 0 Å². The molecule has 0 aromatic carbocycles. The van der Waals surface area contributed by atoms with Crippen molar-refractivity contribution in [2.75, 3.05) is 32.8 Å². The predicted molar refractivity (Wildman–Crippen MR) is 72.6 cm³/mol. The minimum absolute atomic E-state index is 0.0294. The third-order valence-corrected chi connectivity index (χ3v) is 3.45. The lowest BCUT2D eigenvalue weighted by atomic mass is 10.0. The maximum Gasteiger partial charge on any atom is 0.244 e. The molecule has 2 amide bonds. The quantitative estimate of drug-likeness (QED) is 0.721. The monoisotopic (exact) mass is 271 g/mol. The molecule has 0 saturated carbocycles. The molecule has 1 fully saturated rings. The minimum atomic E-state index is -0.475. The van der Waals surface area contributed by atoms with Crippen LogP contribution in [0.25, 0.3) is 0 Å². The standard InChI is InChI=1S/C13H25N3O3/c1-10(18)16-7-6-15(13(2,3)4)9-11(16)12(19)14-5-8-17/h11,17H,5-9H2,1-4H3,(H,14,19). The smallest absolute Gasteiger partial charge is 0.244 e. The molecule has 0 aromatic rings. The summed E-state index contributed by atoms with van der Waals surface area (Å²) in [5.41, 5.74) is -0.0294. The van der Waals surface area contributed by atoms with E-state index < -0.39 is 6.04 Å². The van der Waals surface area contributed by atoms with Gasteiger partial charge in [-0.25, -0.2) is 0 Å². The second-order valence-corrected chi connectivity index (χ2v) is 5.86. The highest BCUT2D eigenvalue weighted by Gasteiger charge is 2.37. The third kappa shape index (κ3) is 4.18. The number of amides is 2. The first-order chi connectivity index (χ1) is 8.77. The number of piperazine rings is 1. The largest absolute Gasteiger partial charge is 0.395 e. The molecule has 2 N–H and O–H groups in total. The van der Waals surface area contributed by atoms with Crippen LogP contribution in [0.2, 0.25) is 0 Å². The highest BCUT2D eigenvalue weighted by molar-refractivity contribution is 5.87. The van der Waals surface area contributed by atoms with Gasteiger partial charge in [0.2, 0.25) is 11.8 Å². The summed E-state index contributed by atoms with van der Waals surface area (Å²) in [4.78, 5) is 27.5. The molecule has 1 atom stereocenters. The van der Waals surface area contributed by atoms with Crippen LogP contribution in [-0.2, 0) is 9.59 Å². The Morgan fingerprint density at radius 1 is 1.32 bits per heavy atom. The van der Waals surface area contributed by atoms with Crippen molar-refractivity contribution in [3.05, 3.63) is 0 Å². The molecule has 0 spiro atoms. The Hall–Kier alpha value is -1.14. The summed E-state index contributed by atoms with van der Waals surface area (Å²) in [5.74, 6) is -0.282. The summed E-state index contributed by atoms with van der Waals surface area (Å²) in [6, 6.07) is -0.475. The van der Waals surface area contributed by atoms with E-state index in [-0.39, 0.29) is 30.5 Å². The van der Waals surface area contributed by atoms with Crippen LogP contribution in [0, 0.1) is 0 Å². The van der Waals surface area contributed by atoms with E-state index in [1.165, 1.54) is 6.92 Å². The van der Waals surface area contributed by atoms with E-state index in [4.69, 9.17) is 5.11 Å². The molecule has 19 heavy (non-hydrogen) atoms. The predicted octanol–water partition coefficient (Wildman–Crippen LogP) is -0.574. The highest BCUT2D eigenvalue weighted by Crippen LogP contribution is 2.19. The maximum absolute atomic E-state index is 12.1. The fourth-order valence-electron chi connectivity index (χ4n) is 2.29. The van der Waals surface area contributed by atoms with Gasteiger partial charge in [0, 0.05) is 38.6 Å². The van der Waals surface area contributed by atoms with E-state index in [1.54, 1.807) is 4.90 Å². The first kappa shape index (κ1) is 15.9. The lowest BCUT2D eigenvalue weighted by Gasteiger charge is -2.45. The zero-order valence-corrected chi connectivity index (χ0v) is 12.3. The molecule has 0 aromatic heterocycles. The van der Waals surface area contributed by atoms with Gasteiger partial charge in [0.1, 0.15) is 6.04 Å². The van der Waals surface area contributed by atoms with E-state index in [9.17, 15) is 9.59 Å². The van der Waals surface area contributed by atoms with Crippen molar-refractivity contribution < 1.29 is 14.7 Å². The Morgan fingerprint density at radius 3 is 2.42 bits per heavy atom. The van der Waals surface area contributed by atoms with Crippen molar-refractivity contribution in [2.24, 2.45) is 0 Å². The molecule has 1 saturated heterocycles. The number of aliphatic hydroxyl groups excluding tert-OH is 1. The van der Waals surface area contributed by atoms with Gasteiger partial charge in [-0.2, -0.15) is 0 Å². The Labute approximate surface area is 114 Å². The van der Waals surface area contributed by atoms with E-state index in [1.807, 2.05) is 0 Å². The molecule has 0 radical (unpaired) electrons. The molecule has 6 heteroatoms. The van der Waals surface area contributed by atoms with Crippen LogP contribution >= 0.6 is 0 Å². The number of nitrogens with zero attached hydrogens (tertiary/aromatic N) is 2. The molecule has 6 nitrogen and oxygen atoms in total. The van der Waals surface area contributed by atoms with Gasteiger partial charge in [-0.05, 0) is 20.8 Å². The van der Waals surface area contributed by atoms with Crippen molar-refractivity contribution in [1.82, 2.24) is 15.1 Å². The van der Waals surface area contributed by atoms with Crippen molar-refractivity contribution >= 4 is 11.8 Å². The Morgan fingerprint density at radius 2 is 1.95 bits per heavy atom. The van der Waals surface area contributed by atoms with Crippen LogP contribution in [0.3, 0.4) is 0 Å². The van der Waals surface area contributed by atoms with Crippen LogP contribution < -0.4 is 5.32 Å². The summed E-state index contributed by atoms with van der Waals surface area (Å²) >= 11 is 0. The van der Waals surface area contributed by atoms with Crippen molar-refractivity contribution in [1.29, 1.82) is 0 Å².